The fourth-order valence-corrected chi connectivity index (χ4v) is 1.35. The van der Waals surface area contributed by atoms with Crippen LogP contribution in [-0.2, 0) is 16.1 Å². The fourth-order valence-electron chi connectivity index (χ4n) is 1.35. The van der Waals surface area contributed by atoms with Gasteiger partial charge in [-0.15, -0.1) is 0 Å². The van der Waals surface area contributed by atoms with Crippen molar-refractivity contribution in [2.24, 2.45) is 0 Å². The van der Waals surface area contributed by atoms with E-state index in [0.717, 1.165) is 23.5 Å². The first kappa shape index (κ1) is 11.3. The van der Waals surface area contributed by atoms with Crippen LogP contribution in [0.3, 0.4) is 0 Å². The van der Waals surface area contributed by atoms with Crippen molar-refractivity contribution in [2.45, 2.75) is 27.3 Å². The zero-order valence-corrected chi connectivity index (χ0v) is 9.42. The fraction of sp³-hybridized carbons (Fsp3) is 0.455. The Hall–Kier alpha value is -1.76. The number of carbonyl (C=O) groups is 1. The van der Waals surface area contributed by atoms with Gasteiger partial charge >= 0.3 is 5.97 Å². The smallest absolute Gasteiger partial charge is 0.384 e. The molecule has 0 atom stereocenters. The number of nitrogens with zero attached hydrogens (tertiary/aromatic N) is 2. The molecule has 0 unspecified atom stereocenters. The zero-order chi connectivity index (χ0) is 11.4. The highest BCUT2D eigenvalue weighted by molar-refractivity contribution is 5.89. The third kappa shape index (κ3) is 2.38. The lowest BCUT2D eigenvalue weighted by Gasteiger charge is -1.96. The molecule has 1 heterocycles. The average molecular weight is 206 g/mol. The van der Waals surface area contributed by atoms with E-state index in [-0.39, 0.29) is 0 Å². The van der Waals surface area contributed by atoms with Crippen molar-refractivity contribution in [2.75, 3.05) is 7.11 Å². The summed E-state index contributed by atoms with van der Waals surface area (Å²) < 4.78 is 6.30. The Labute approximate surface area is 89.2 Å². The maximum atomic E-state index is 10.9. The van der Waals surface area contributed by atoms with Crippen LogP contribution in [0.15, 0.2) is 0 Å². The summed E-state index contributed by atoms with van der Waals surface area (Å²) in [6.07, 6.45) is 0. The predicted molar refractivity (Wildman–Crippen MR) is 56.3 cm³/mol. The number of aryl methyl sites for hydroxylation is 2. The van der Waals surface area contributed by atoms with Crippen LogP contribution in [0.2, 0.25) is 0 Å². The summed E-state index contributed by atoms with van der Waals surface area (Å²) in [5.74, 6) is 4.65. The molecule has 0 spiro atoms. The van der Waals surface area contributed by atoms with Crippen LogP contribution in [0, 0.1) is 25.7 Å². The van der Waals surface area contributed by atoms with Gasteiger partial charge in [0.2, 0.25) is 0 Å². The van der Waals surface area contributed by atoms with Gasteiger partial charge in [-0.1, -0.05) is 5.92 Å². The molecule has 0 amide bonds. The van der Waals surface area contributed by atoms with Gasteiger partial charge in [-0.25, -0.2) is 4.79 Å². The van der Waals surface area contributed by atoms with Gasteiger partial charge in [0.25, 0.3) is 0 Å². The third-order valence-corrected chi connectivity index (χ3v) is 2.16. The molecule has 1 aromatic heterocycles. The minimum atomic E-state index is -0.530. The molecular formula is C11H14N2O2. The van der Waals surface area contributed by atoms with Gasteiger partial charge in [0.05, 0.1) is 24.1 Å². The second-order valence-electron chi connectivity index (χ2n) is 3.10. The molecule has 0 bridgehead atoms. The van der Waals surface area contributed by atoms with Crippen LogP contribution in [0.1, 0.15) is 23.9 Å². The Morgan fingerprint density at radius 1 is 1.53 bits per heavy atom. The third-order valence-electron chi connectivity index (χ3n) is 2.16. The van der Waals surface area contributed by atoms with Gasteiger partial charge < -0.3 is 4.74 Å². The highest BCUT2D eigenvalue weighted by Crippen LogP contribution is 2.10. The van der Waals surface area contributed by atoms with Crippen molar-refractivity contribution in [3.63, 3.8) is 0 Å². The topological polar surface area (TPSA) is 44.1 Å². The van der Waals surface area contributed by atoms with Crippen molar-refractivity contribution in [1.29, 1.82) is 0 Å². The molecule has 0 N–H and O–H groups in total. The number of hydrogen-bond acceptors (Lipinski definition) is 3. The number of ether oxygens (including phenoxy) is 1. The van der Waals surface area contributed by atoms with E-state index in [4.69, 9.17) is 0 Å². The van der Waals surface area contributed by atoms with Crippen LogP contribution in [0.4, 0.5) is 0 Å². The summed E-state index contributed by atoms with van der Waals surface area (Å²) in [6, 6.07) is 0. The van der Waals surface area contributed by atoms with E-state index < -0.39 is 5.97 Å². The van der Waals surface area contributed by atoms with Crippen molar-refractivity contribution in [3.8, 4) is 11.8 Å². The molecule has 4 nitrogen and oxygen atoms in total. The van der Waals surface area contributed by atoms with E-state index in [0.29, 0.717) is 0 Å². The molecule has 0 aromatic carbocycles. The number of hydrogen-bond donors (Lipinski definition) is 0. The van der Waals surface area contributed by atoms with Crippen LogP contribution < -0.4 is 0 Å². The van der Waals surface area contributed by atoms with Crippen molar-refractivity contribution < 1.29 is 9.53 Å². The van der Waals surface area contributed by atoms with E-state index in [1.165, 1.54) is 7.11 Å². The molecule has 0 aliphatic carbocycles. The van der Waals surface area contributed by atoms with Crippen LogP contribution in [0.25, 0.3) is 0 Å². The standard InChI is InChI=1S/C11H14N2O2/c1-5-13-9(3)10(8(2)12-13)6-7-11(14)15-4/h5H2,1-4H3. The summed E-state index contributed by atoms with van der Waals surface area (Å²) in [7, 11) is 1.31. The van der Waals surface area contributed by atoms with Gasteiger partial charge in [-0.05, 0) is 20.8 Å². The average Bonchev–Trinajstić information content (AvgIpc) is 2.51. The van der Waals surface area contributed by atoms with Gasteiger partial charge in [0.15, 0.2) is 0 Å². The molecule has 4 heteroatoms. The SMILES string of the molecule is CCn1nc(C)c(C#CC(=O)OC)c1C. The molecule has 1 rings (SSSR count). The lowest BCUT2D eigenvalue weighted by molar-refractivity contribution is -0.133. The van der Waals surface area contributed by atoms with Crippen LogP contribution >= 0.6 is 0 Å². The van der Waals surface area contributed by atoms with E-state index in [9.17, 15) is 4.79 Å². The number of methoxy groups -OCH3 is 1. The largest absolute Gasteiger partial charge is 0.459 e. The van der Waals surface area contributed by atoms with Crippen LogP contribution in [-0.4, -0.2) is 22.9 Å². The number of carbonyl (C=O) groups excluding carboxylic acids is 1. The predicted octanol–water partition coefficient (Wildman–Crippen LogP) is 1.04. The van der Waals surface area contributed by atoms with Crippen LogP contribution in [0.5, 0.6) is 0 Å². The monoisotopic (exact) mass is 206 g/mol. The molecule has 0 saturated heterocycles. The van der Waals surface area contributed by atoms with Gasteiger partial charge in [-0.3, -0.25) is 4.68 Å². The second-order valence-corrected chi connectivity index (χ2v) is 3.10. The minimum Gasteiger partial charge on any atom is -0.459 e. The molecule has 80 valence electrons. The summed E-state index contributed by atoms with van der Waals surface area (Å²) in [4.78, 5) is 10.9. The Kier molecular flexibility index (Phi) is 3.51. The highest BCUT2D eigenvalue weighted by Gasteiger charge is 2.07. The molecule has 0 fully saturated rings. The van der Waals surface area contributed by atoms with E-state index >= 15 is 0 Å². The maximum absolute atomic E-state index is 10.9. The second kappa shape index (κ2) is 4.65. The zero-order valence-electron chi connectivity index (χ0n) is 9.42. The lowest BCUT2D eigenvalue weighted by Crippen LogP contribution is -1.99. The van der Waals surface area contributed by atoms with E-state index in [2.05, 4.69) is 21.7 Å². The van der Waals surface area contributed by atoms with Gasteiger partial charge in [-0.2, -0.15) is 5.10 Å². The summed E-state index contributed by atoms with van der Waals surface area (Å²) >= 11 is 0. The first-order valence-corrected chi connectivity index (χ1v) is 4.74. The molecule has 0 saturated carbocycles. The number of esters is 1. The number of rotatable bonds is 1. The Morgan fingerprint density at radius 3 is 2.67 bits per heavy atom. The quantitative estimate of drug-likeness (QED) is 0.509. The van der Waals surface area contributed by atoms with Crippen molar-refractivity contribution in [3.05, 3.63) is 17.0 Å². The van der Waals surface area contributed by atoms with Gasteiger partial charge in [0.1, 0.15) is 0 Å². The maximum Gasteiger partial charge on any atom is 0.384 e. The van der Waals surface area contributed by atoms with E-state index in [1.54, 1.807) is 0 Å². The van der Waals surface area contributed by atoms with Crippen molar-refractivity contribution >= 4 is 5.97 Å². The Morgan fingerprint density at radius 2 is 2.20 bits per heavy atom. The highest BCUT2D eigenvalue weighted by atomic mass is 16.5. The molecule has 0 radical (unpaired) electrons. The Balaban J connectivity index is 3.08. The lowest BCUT2D eigenvalue weighted by atomic mass is 10.2. The molecule has 0 aliphatic heterocycles. The number of aromatic nitrogens is 2. The summed E-state index contributed by atoms with van der Waals surface area (Å²) in [5, 5.41) is 4.29. The minimum absolute atomic E-state index is 0.530. The summed E-state index contributed by atoms with van der Waals surface area (Å²) in [6.45, 7) is 6.62. The molecule has 0 aliphatic rings. The van der Waals surface area contributed by atoms with Gasteiger partial charge in [0, 0.05) is 12.5 Å². The molecular weight excluding hydrogens is 192 g/mol. The summed E-state index contributed by atoms with van der Waals surface area (Å²) in [5.41, 5.74) is 2.62. The van der Waals surface area contributed by atoms with Crippen molar-refractivity contribution in [1.82, 2.24) is 9.78 Å². The molecule has 15 heavy (non-hydrogen) atoms. The normalized spacial score (nSPS) is 9.33. The first-order chi connectivity index (χ1) is 7.10. The Bertz CT molecular complexity index is 435. The van der Waals surface area contributed by atoms with E-state index in [1.807, 2.05) is 25.5 Å². The molecule has 1 aromatic rings. The first-order valence-electron chi connectivity index (χ1n) is 4.74.